The van der Waals surface area contributed by atoms with Crippen LogP contribution < -0.4 is 0 Å². The van der Waals surface area contributed by atoms with Gasteiger partial charge in [-0.05, 0) is 66.4 Å². The number of para-hydroxylation sites is 1. The van der Waals surface area contributed by atoms with E-state index in [0.29, 0.717) is 17.5 Å². The molecular formula is C40H28N4O. The molecule has 0 aliphatic rings. The quantitative estimate of drug-likeness (QED) is 0.203. The van der Waals surface area contributed by atoms with Gasteiger partial charge in [-0.1, -0.05) is 103 Å². The van der Waals surface area contributed by atoms with Crippen LogP contribution >= 0.6 is 0 Å². The minimum atomic E-state index is 0.563. The number of benzene rings is 5. The number of hydrogen-bond acceptors (Lipinski definition) is 5. The SMILES string of the molecule is Cc1cc(-c2ccc(-c3cc(-c4nc(-c5ccccc5)nc(-c5ccccc5)n4)c4oc5ccccc5c4c3)cc2)cc(C)n1. The third-order valence-electron chi connectivity index (χ3n) is 8.05. The van der Waals surface area contributed by atoms with E-state index in [1.54, 1.807) is 0 Å². The number of fused-ring (bicyclic) bond motifs is 3. The topological polar surface area (TPSA) is 64.7 Å². The zero-order valence-corrected chi connectivity index (χ0v) is 24.9. The fraction of sp³-hybridized carbons (Fsp3) is 0.0500. The van der Waals surface area contributed by atoms with Crippen LogP contribution in [0, 0.1) is 13.8 Å². The fourth-order valence-corrected chi connectivity index (χ4v) is 5.95. The molecule has 0 bridgehead atoms. The molecule has 3 aromatic heterocycles. The Hall–Kier alpha value is -5.94. The number of furan rings is 1. The lowest BCUT2D eigenvalue weighted by atomic mass is 9.96. The van der Waals surface area contributed by atoms with Crippen LogP contribution in [0.1, 0.15) is 11.4 Å². The molecule has 0 atom stereocenters. The number of pyridine rings is 1. The van der Waals surface area contributed by atoms with Crippen molar-refractivity contribution in [3.63, 3.8) is 0 Å². The molecule has 5 heteroatoms. The minimum absolute atomic E-state index is 0.563. The molecule has 8 rings (SSSR count). The molecule has 0 fully saturated rings. The summed E-state index contributed by atoms with van der Waals surface area (Å²) >= 11 is 0. The summed E-state index contributed by atoms with van der Waals surface area (Å²) in [5.41, 5.74) is 10.7. The third kappa shape index (κ3) is 5.04. The maximum Gasteiger partial charge on any atom is 0.167 e. The van der Waals surface area contributed by atoms with Gasteiger partial charge in [0, 0.05) is 33.3 Å². The zero-order chi connectivity index (χ0) is 30.3. The van der Waals surface area contributed by atoms with E-state index in [-0.39, 0.29) is 0 Å². The van der Waals surface area contributed by atoms with E-state index in [1.165, 1.54) is 0 Å². The molecular weight excluding hydrogens is 552 g/mol. The Balaban J connectivity index is 1.34. The van der Waals surface area contributed by atoms with Crippen LogP contribution in [-0.4, -0.2) is 19.9 Å². The van der Waals surface area contributed by atoms with Crippen molar-refractivity contribution < 1.29 is 4.42 Å². The molecule has 0 aliphatic heterocycles. The Kier molecular flexibility index (Phi) is 6.50. The summed E-state index contributed by atoms with van der Waals surface area (Å²) < 4.78 is 6.51. The summed E-state index contributed by atoms with van der Waals surface area (Å²) in [6, 6.07) is 45.5. The standard InChI is InChI=1S/C40H28N4O/c1-25-21-31(22-26(2)41-25)27-17-19-28(20-18-27)32-23-34-33-15-9-10-16-36(33)45-37(34)35(24-32)40-43-38(29-11-5-3-6-12-29)42-39(44-40)30-13-7-4-8-14-30/h3-24H,1-2H3. The van der Waals surface area contributed by atoms with Crippen molar-refractivity contribution in [3.8, 4) is 56.4 Å². The molecule has 0 N–H and O–H groups in total. The Morgan fingerprint density at radius 1 is 0.400 bits per heavy atom. The highest BCUT2D eigenvalue weighted by Gasteiger charge is 2.19. The Bertz CT molecular complexity index is 2250. The van der Waals surface area contributed by atoms with Gasteiger partial charge in [-0.2, -0.15) is 0 Å². The lowest BCUT2D eigenvalue weighted by Gasteiger charge is -2.11. The predicted octanol–water partition coefficient (Wildman–Crippen LogP) is 10.1. The average molecular weight is 581 g/mol. The molecule has 0 saturated heterocycles. The van der Waals surface area contributed by atoms with Crippen molar-refractivity contribution in [1.82, 2.24) is 19.9 Å². The second-order valence-corrected chi connectivity index (χ2v) is 11.3. The highest BCUT2D eigenvalue weighted by atomic mass is 16.3. The Morgan fingerprint density at radius 3 is 1.51 bits per heavy atom. The summed E-state index contributed by atoms with van der Waals surface area (Å²) in [4.78, 5) is 19.5. The van der Waals surface area contributed by atoms with E-state index in [4.69, 9.17) is 19.4 Å². The van der Waals surface area contributed by atoms with Crippen molar-refractivity contribution in [1.29, 1.82) is 0 Å². The molecule has 0 amide bonds. The highest BCUT2D eigenvalue weighted by molar-refractivity contribution is 6.11. The van der Waals surface area contributed by atoms with Gasteiger partial charge in [-0.15, -0.1) is 0 Å². The second-order valence-electron chi connectivity index (χ2n) is 11.3. The van der Waals surface area contributed by atoms with Gasteiger partial charge in [0.2, 0.25) is 0 Å². The van der Waals surface area contributed by atoms with Crippen LogP contribution in [0.25, 0.3) is 78.4 Å². The van der Waals surface area contributed by atoms with Crippen molar-refractivity contribution in [2.75, 3.05) is 0 Å². The summed E-state index contributed by atoms with van der Waals surface area (Å²) in [6.45, 7) is 4.06. The summed E-state index contributed by atoms with van der Waals surface area (Å²) in [5.74, 6) is 1.79. The molecule has 3 heterocycles. The first-order valence-corrected chi connectivity index (χ1v) is 15.0. The van der Waals surface area contributed by atoms with Gasteiger partial charge in [-0.3, -0.25) is 4.98 Å². The monoisotopic (exact) mass is 580 g/mol. The normalized spacial score (nSPS) is 11.3. The number of aryl methyl sites for hydroxylation is 2. The molecule has 8 aromatic rings. The van der Waals surface area contributed by atoms with E-state index >= 15 is 0 Å². The van der Waals surface area contributed by atoms with Gasteiger partial charge in [0.15, 0.2) is 17.5 Å². The van der Waals surface area contributed by atoms with Gasteiger partial charge < -0.3 is 4.42 Å². The van der Waals surface area contributed by atoms with Crippen LogP contribution in [0.15, 0.2) is 138 Å². The van der Waals surface area contributed by atoms with Crippen molar-refractivity contribution in [2.45, 2.75) is 13.8 Å². The first kappa shape index (κ1) is 26.7. The molecule has 0 unspecified atom stereocenters. The molecule has 45 heavy (non-hydrogen) atoms. The predicted molar refractivity (Wildman–Crippen MR) is 182 cm³/mol. The van der Waals surface area contributed by atoms with Gasteiger partial charge in [0.25, 0.3) is 0 Å². The zero-order valence-electron chi connectivity index (χ0n) is 24.9. The number of aromatic nitrogens is 4. The van der Waals surface area contributed by atoms with Gasteiger partial charge in [0.1, 0.15) is 11.2 Å². The highest BCUT2D eigenvalue weighted by Crippen LogP contribution is 2.39. The van der Waals surface area contributed by atoms with Gasteiger partial charge in [0.05, 0.1) is 5.56 Å². The third-order valence-corrected chi connectivity index (χ3v) is 8.05. The summed E-state index contributed by atoms with van der Waals surface area (Å²) in [6.07, 6.45) is 0. The van der Waals surface area contributed by atoms with Crippen molar-refractivity contribution >= 4 is 21.9 Å². The first-order chi connectivity index (χ1) is 22.1. The maximum absolute atomic E-state index is 6.51. The molecule has 0 saturated carbocycles. The Labute approximate surface area is 260 Å². The molecule has 0 aliphatic carbocycles. The largest absolute Gasteiger partial charge is 0.455 e. The minimum Gasteiger partial charge on any atom is -0.455 e. The Morgan fingerprint density at radius 2 is 0.911 bits per heavy atom. The summed E-state index contributed by atoms with van der Waals surface area (Å²) in [5, 5.41) is 2.07. The molecule has 214 valence electrons. The number of nitrogens with zero attached hydrogens (tertiary/aromatic N) is 4. The average Bonchev–Trinajstić information content (AvgIpc) is 3.47. The van der Waals surface area contributed by atoms with Crippen molar-refractivity contribution in [3.05, 3.63) is 145 Å². The lowest BCUT2D eigenvalue weighted by Crippen LogP contribution is -2.00. The van der Waals surface area contributed by atoms with Crippen molar-refractivity contribution in [2.24, 2.45) is 0 Å². The molecule has 0 radical (unpaired) electrons. The van der Waals surface area contributed by atoms with Crippen LogP contribution in [0.2, 0.25) is 0 Å². The van der Waals surface area contributed by atoms with E-state index in [0.717, 1.165) is 72.3 Å². The second kappa shape index (κ2) is 11.0. The number of rotatable bonds is 5. The van der Waals surface area contributed by atoms with Gasteiger partial charge >= 0.3 is 0 Å². The smallest absolute Gasteiger partial charge is 0.167 e. The summed E-state index contributed by atoms with van der Waals surface area (Å²) in [7, 11) is 0. The molecule has 5 nitrogen and oxygen atoms in total. The van der Waals surface area contributed by atoms with E-state index in [2.05, 4.69) is 59.6 Å². The maximum atomic E-state index is 6.51. The molecule has 5 aromatic carbocycles. The number of hydrogen-bond donors (Lipinski definition) is 0. The van der Waals surface area contributed by atoms with E-state index in [9.17, 15) is 0 Å². The van der Waals surface area contributed by atoms with Gasteiger partial charge in [-0.25, -0.2) is 15.0 Å². The lowest BCUT2D eigenvalue weighted by molar-refractivity contribution is 0.669. The van der Waals surface area contributed by atoms with Crippen LogP contribution in [-0.2, 0) is 0 Å². The van der Waals surface area contributed by atoms with Crippen LogP contribution in [0.3, 0.4) is 0 Å². The molecule has 0 spiro atoms. The van der Waals surface area contributed by atoms with Crippen LogP contribution in [0.4, 0.5) is 0 Å². The van der Waals surface area contributed by atoms with Crippen LogP contribution in [0.5, 0.6) is 0 Å². The first-order valence-electron chi connectivity index (χ1n) is 15.0. The van der Waals surface area contributed by atoms with E-state index < -0.39 is 0 Å². The van der Waals surface area contributed by atoms with E-state index in [1.807, 2.05) is 92.7 Å². The fourth-order valence-electron chi connectivity index (χ4n) is 5.95.